The van der Waals surface area contributed by atoms with E-state index in [1.165, 1.54) is 19.1 Å². The fourth-order valence-corrected chi connectivity index (χ4v) is 4.75. The van der Waals surface area contributed by atoms with Crippen molar-refractivity contribution in [2.45, 2.75) is 43.5 Å². The van der Waals surface area contributed by atoms with Gasteiger partial charge in [-0.05, 0) is 50.2 Å². The molecule has 0 aromatic heterocycles. The summed E-state index contributed by atoms with van der Waals surface area (Å²) in [6, 6.07) is 6.10. The average molecular weight is 323 g/mol. The van der Waals surface area contributed by atoms with E-state index < -0.39 is 10.0 Å². The van der Waals surface area contributed by atoms with Gasteiger partial charge >= 0.3 is 0 Å². The first kappa shape index (κ1) is 15.6. The van der Waals surface area contributed by atoms with E-state index >= 15 is 0 Å². The van der Waals surface area contributed by atoms with Crippen molar-refractivity contribution in [3.05, 3.63) is 29.8 Å². The standard InChI is InChI=1S/C16H21NO4S/c1-12(18)13-2-4-14(5-3-13)22(19,20)17-15-6-7-16(15)8-10-21-11-9-16/h2-5,15,17H,6-11H2,1H3. The van der Waals surface area contributed by atoms with Crippen LogP contribution < -0.4 is 4.72 Å². The van der Waals surface area contributed by atoms with Crippen LogP contribution in [-0.2, 0) is 14.8 Å². The highest BCUT2D eigenvalue weighted by Gasteiger charge is 2.48. The number of carbonyl (C=O) groups excluding carboxylic acids is 1. The summed E-state index contributed by atoms with van der Waals surface area (Å²) in [4.78, 5) is 11.5. The Kier molecular flexibility index (Phi) is 4.09. The molecule has 0 amide bonds. The smallest absolute Gasteiger partial charge is 0.240 e. The van der Waals surface area contributed by atoms with Crippen molar-refractivity contribution < 1.29 is 17.9 Å². The second kappa shape index (κ2) is 5.76. The lowest BCUT2D eigenvalue weighted by Crippen LogP contribution is -2.57. The molecule has 1 N–H and O–H groups in total. The number of Topliss-reactive ketones (excluding diaryl/α,β-unsaturated/α-hetero) is 1. The fourth-order valence-electron chi connectivity index (χ4n) is 3.38. The lowest BCUT2D eigenvalue weighted by atomic mass is 9.60. The number of nitrogens with one attached hydrogen (secondary N) is 1. The van der Waals surface area contributed by atoms with Gasteiger partial charge < -0.3 is 4.74 Å². The minimum absolute atomic E-state index is 0.00566. The minimum Gasteiger partial charge on any atom is -0.381 e. The van der Waals surface area contributed by atoms with Crippen molar-refractivity contribution in [1.82, 2.24) is 4.72 Å². The zero-order valence-corrected chi connectivity index (χ0v) is 13.5. The van der Waals surface area contributed by atoms with Crippen LogP contribution in [0, 0.1) is 5.41 Å². The lowest BCUT2D eigenvalue weighted by Gasteiger charge is -2.51. The third kappa shape index (κ3) is 2.83. The second-order valence-corrected chi connectivity index (χ2v) is 7.98. The summed E-state index contributed by atoms with van der Waals surface area (Å²) >= 11 is 0. The van der Waals surface area contributed by atoms with Crippen molar-refractivity contribution >= 4 is 15.8 Å². The van der Waals surface area contributed by atoms with Crippen LogP contribution >= 0.6 is 0 Å². The maximum Gasteiger partial charge on any atom is 0.240 e. The van der Waals surface area contributed by atoms with Crippen LogP contribution in [0.2, 0.25) is 0 Å². The Bertz CT molecular complexity index is 660. The Morgan fingerprint density at radius 2 is 1.82 bits per heavy atom. The van der Waals surface area contributed by atoms with Gasteiger partial charge in [0.2, 0.25) is 10.0 Å². The molecule has 3 rings (SSSR count). The van der Waals surface area contributed by atoms with E-state index in [1.807, 2.05) is 0 Å². The Hall–Kier alpha value is -1.24. The number of sulfonamides is 1. The van der Waals surface area contributed by atoms with Crippen molar-refractivity contribution in [2.24, 2.45) is 5.41 Å². The molecule has 2 aliphatic rings. The van der Waals surface area contributed by atoms with E-state index in [2.05, 4.69) is 4.72 Å². The van der Waals surface area contributed by atoms with E-state index in [-0.39, 0.29) is 22.1 Å². The highest BCUT2D eigenvalue weighted by molar-refractivity contribution is 7.89. The van der Waals surface area contributed by atoms with Crippen molar-refractivity contribution in [3.8, 4) is 0 Å². The van der Waals surface area contributed by atoms with E-state index in [4.69, 9.17) is 4.74 Å². The normalized spacial score (nSPS) is 24.0. The van der Waals surface area contributed by atoms with Gasteiger partial charge in [-0.25, -0.2) is 13.1 Å². The molecular weight excluding hydrogens is 302 g/mol. The molecule has 1 aromatic carbocycles. The number of ether oxygens (including phenoxy) is 1. The summed E-state index contributed by atoms with van der Waals surface area (Å²) in [6.45, 7) is 2.89. The zero-order chi connectivity index (χ0) is 15.8. The molecule has 2 fully saturated rings. The maximum absolute atomic E-state index is 12.5. The molecule has 1 aromatic rings. The molecule has 5 nitrogen and oxygen atoms in total. The quantitative estimate of drug-likeness (QED) is 0.862. The summed E-state index contributed by atoms with van der Waals surface area (Å²) in [7, 11) is -3.54. The number of rotatable bonds is 4. The van der Waals surface area contributed by atoms with Crippen molar-refractivity contribution in [2.75, 3.05) is 13.2 Å². The van der Waals surface area contributed by atoms with E-state index in [9.17, 15) is 13.2 Å². The molecule has 0 bridgehead atoms. The van der Waals surface area contributed by atoms with Crippen LogP contribution in [-0.4, -0.2) is 33.5 Å². The van der Waals surface area contributed by atoms with Crippen LogP contribution in [0.3, 0.4) is 0 Å². The summed E-state index contributed by atoms with van der Waals surface area (Å²) in [5, 5.41) is 0. The molecule has 1 aliphatic carbocycles. The predicted octanol–water partition coefficient (Wildman–Crippen LogP) is 2.13. The van der Waals surface area contributed by atoms with Gasteiger partial charge in [-0.1, -0.05) is 12.1 Å². The molecule has 22 heavy (non-hydrogen) atoms. The molecule has 0 radical (unpaired) electrons. The minimum atomic E-state index is -3.54. The highest BCUT2D eigenvalue weighted by Crippen LogP contribution is 2.49. The topological polar surface area (TPSA) is 72.5 Å². The summed E-state index contributed by atoms with van der Waals surface area (Å²) in [5.41, 5.74) is 0.591. The largest absolute Gasteiger partial charge is 0.381 e. The average Bonchev–Trinajstić information content (AvgIpc) is 2.52. The second-order valence-electron chi connectivity index (χ2n) is 6.27. The maximum atomic E-state index is 12.5. The SMILES string of the molecule is CC(=O)c1ccc(S(=O)(=O)NC2CCC23CCOCC3)cc1. The Labute approximate surface area is 131 Å². The first-order valence-electron chi connectivity index (χ1n) is 7.64. The van der Waals surface area contributed by atoms with Crippen LogP contribution in [0.4, 0.5) is 0 Å². The number of benzene rings is 1. The highest BCUT2D eigenvalue weighted by atomic mass is 32.2. The third-order valence-electron chi connectivity index (χ3n) is 5.03. The van der Waals surface area contributed by atoms with Gasteiger partial charge in [-0.15, -0.1) is 0 Å². The molecular formula is C16H21NO4S. The first-order valence-corrected chi connectivity index (χ1v) is 9.12. The number of hydrogen-bond donors (Lipinski definition) is 1. The molecule has 1 spiro atoms. The van der Waals surface area contributed by atoms with Crippen molar-refractivity contribution in [3.63, 3.8) is 0 Å². The first-order chi connectivity index (χ1) is 10.4. The lowest BCUT2D eigenvalue weighted by molar-refractivity contribution is -0.0483. The third-order valence-corrected chi connectivity index (χ3v) is 6.51. The Balaban J connectivity index is 1.74. The zero-order valence-electron chi connectivity index (χ0n) is 12.7. The number of carbonyl (C=O) groups is 1. The fraction of sp³-hybridized carbons (Fsp3) is 0.562. The van der Waals surface area contributed by atoms with E-state index in [0.717, 1.165) is 25.7 Å². The van der Waals surface area contributed by atoms with Gasteiger partial charge in [0.1, 0.15) is 0 Å². The van der Waals surface area contributed by atoms with E-state index in [0.29, 0.717) is 18.8 Å². The Morgan fingerprint density at radius 3 is 2.32 bits per heavy atom. The predicted molar refractivity (Wildman–Crippen MR) is 82.3 cm³/mol. The van der Waals surface area contributed by atoms with Crippen LogP contribution in [0.15, 0.2) is 29.2 Å². The van der Waals surface area contributed by atoms with Gasteiger partial charge in [0.05, 0.1) is 4.90 Å². The number of hydrogen-bond acceptors (Lipinski definition) is 4. The van der Waals surface area contributed by atoms with Gasteiger partial charge in [0.15, 0.2) is 5.78 Å². The summed E-state index contributed by atoms with van der Waals surface area (Å²) < 4.78 is 33.3. The van der Waals surface area contributed by atoms with Gasteiger partial charge in [0, 0.05) is 24.8 Å². The molecule has 1 saturated heterocycles. The molecule has 1 saturated carbocycles. The molecule has 1 aliphatic heterocycles. The van der Waals surface area contributed by atoms with Gasteiger partial charge in [-0.2, -0.15) is 0 Å². The van der Waals surface area contributed by atoms with Crippen molar-refractivity contribution in [1.29, 1.82) is 0 Å². The van der Waals surface area contributed by atoms with Crippen LogP contribution in [0.5, 0.6) is 0 Å². The van der Waals surface area contributed by atoms with Gasteiger partial charge in [0.25, 0.3) is 0 Å². The monoisotopic (exact) mass is 323 g/mol. The summed E-state index contributed by atoms with van der Waals surface area (Å²) in [5.74, 6) is -0.0722. The van der Waals surface area contributed by atoms with Crippen LogP contribution in [0.1, 0.15) is 43.0 Å². The Morgan fingerprint density at radius 1 is 1.18 bits per heavy atom. The molecule has 1 unspecified atom stereocenters. The molecule has 120 valence electrons. The number of ketones is 1. The van der Waals surface area contributed by atoms with Crippen LogP contribution in [0.25, 0.3) is 0 Å². The van der Waals surface area contributed by atoms with E-state index in [1.54, 1.807) is 12.1 Å². The molecule has 6 heteroatoms. The summed E-state index contributed by atoms with van der Waals surface area (Å²) in [6.07, 6.45) is 3.78. The molecule has 1 heterocycles. The molecule has 1 atom stereocenters. The van der Waals surface area contributed by atoms with Gasteiger partial charge in [-0.3, -0.25) is 4.79 Å².